The van der Waals surface area contributed by atoms with Crippen LogP contribution in [0.3, 0.4) is 0 Å². The first-order valence-corrected chi connectivity index (χ1v) is 5.71. The smallest absolute Gasteiger partial charge is 0.371 e. The number of rotatable bonds is 4. The number of aliphatic hydroxyl groups excluding tert-OH is 2. The Labute approximate surface area is 116 Å². The molecule has 0 aliphatic heterocycles. The van der Waals surface area contributed by atoms with Gasteiger partial charge in [0.05, 0.1) is 5.39 Å². The molecule has 110 valence electrons. The standard InChI is InChI=1S/C13H10O8/c14-7-4-9(12(17)18)21-8-2-1-5(3-6(7)8)10(15)11(16)13(19)20/h1-4,10-11,15-16H,(H,17,18)(H,19,20). The number of carbonyl (C=O) groups is 2. The minimum atomic E-state index is -2.05. The van der Waals surface area contributed by atoms with E-state index in [0.29, 0.717) is 0 Å². The maximum atomic E-state index is 11.8. The Balaban J connectivity index is 2.55. The second kappa shape index (κ2) is 5.35. The summed E-state index contributed by atoms with van der Waals surface area (Å²) in [5.41, 5.74) is -0.694. The lowest BCUT2D eigenvalue weighted by Gasteiger charge is -2.14. The second-order valence-electron chi connectivity index (χ2n) is 4.26. The highest BCUT2D eigenvalue weighted by Gasteiger charge is 2.25. The Kier molecular flexibility index (Phi) is 3.74. The fourth-order valence-corrected chi connectivity index (χ4v) is 1.78. The number of benzene rings is 1. The zero-order valence-corrected chi connectivity index (χ0v) is 10.4. The average Bonchev–Trinajstić information content (AvgIpc) is 2.45. The summed E-state index contributed by atoms with van der Waals surface area (Å²) >= 11 is 0. The van der Waals surface area contributed by atoms with Crippen LogP contribution in [-0.4, -0.2) is 38.5 Å². The molecule has 2 aromatic rings. The molecule has 0 radical (unpaired) electrons. The van der Waals surface area contributed by atoms with Gasteiger partial charge >= 0.3 is 11.9 Å². The summed E-state index contributed by atoms with van der Waals surface area (Å²) in [6.07, 6.45) is -3.78. The Hall–Kier alpha value is -2.71. The van der Waals surface area contributed by atoms with Gasteiger partial charge in [0.25, 0.3) is 0 Å². The van der Waals surface area contributed by atoms with E-state index in [4.69, 9.17) is 14.6 Å². The molecule has 0 fully saturated rings. The monoisotopic (exact) mass is 294 g/mol. The van der Waals surface area contributed by atoms with E-state index in [1.165, 1.54) is 12.1 Å². The predicted octanol–water partition coefficient (Wildman–Crippen LogP) is -0.0299. The van der Waals surface area contributed by atoms with E-state index in [-0.39, 0.29) is 16.5 Å². The Bertz CT molecular complexity index is 775. The highest BCUT2D eigenvalue weighted by molar-refractivity contribution is 5.87. The van der Waals surface area contributed by atoms with Crippen molar-refractivity contribution >= 4 is 22.9 Å². The van der Waals surface area contributed by atoms with Gasteiger partial charge in [-0.3, -0.25) is 4.79 Å². The third-order valence-corrected chi connectivity index (χ3v) is 2.86. The van der Waals surface area contributed by atoms with E-state index in [2.05, 4.69) is 0 Å². The molecule has 0 saturated carbocycles. The first-order chi connectivity index (χ1) is 9.81. The highest BCUT2D eigenvalue weighted by Crippen LogP contribution is 2.22. The van der Waals surface area contributed by atoms with E-state index in [1.54, 1.807) is 0 Å². The van der Waals surface area contributed by atoms with Gasteiger partial charge in [-0.1, -0.05) is 6.07 Å². The normalized spacial score (nSPS) is 13.8. The number of aliphatic hydroxyl groups is 2. The number of hydrogen-bond donors (Lipinski definition) is 4. The molecule has 2 unspecified atom stereocenters. The lowest BCUT2D eigenvalue weighted by atomic mass is 10.0. The van der Waals surface area contributed by atoms with Crippen LogP contribution in [0.5, 0.6) is 0 Å². The van der Waals surface area contributed by atoms with E-state index >= 15 is 0 Å². The topological polar surface area (TPSA) is 145 Å². The van der Waals surface area contributed by atoms with Gasteiger partial charge < -0.3 is 24.8 Å². The SMILES string of the molecule is O=C(O)c1cc(=O)c2cc(C(O)C(O)C(=O)O)ccc2o1. The van der Waals surface area contributed by atoms with Crippen LogP contribution < -0.4 is 5.43 Å². The summed E-state index contributed by atoms with van der Waals surface area (Å²) in [6.45, 7) is 0. The van der Waals surface area contributed by atoms with Gasteiger partial charge in [0.1, 0.15) is 11.7 Å². The van der Waals surface area contributed by atoms with Crippen LogP contribution in [0, 0.1) is 0 Å². The maximum absolute atomic E-state index is 11.8. The highest BCUT2D eigenvalue weighted by atomic mass is 16.4. The molecule has 1 heterocycles. The van der Waals surface area contributed by atoms with Gasteiger partial charge in [-0.15, -0.1) is 0 Å². The summed E-state index contributed by atoms with van der Waals surface area (Å²) in [7, 11) is 0. The molecule has 1 aromatic heterocycles. The Morgan fingerprint density at radius 1 is 1.10 bits per heavy atom. The number of carboxylic acids is 2. The van der Waals surface area contributed by atoms with Crippen molar-refractivity contribution in [3.63, 3.8) is 0 Å². The Morgan fingerprint density at radius 3 is 2.33 bits per heavy atom. The molecule has 0 aliphatic rings. The fraction of sp³-hybridized carbons (Fsp3) is 0.154. The van der Waals surface area contributed by atoms with Gasteiger partial charge in [-0.05, 0) is 17.7 Å². The number of carboxylic acid groups (broad SMARTS) is 2. The molecule has 21 heavy (non-hydrogen) atoms. The molecule has 8 heteroatoms. The van der Waals surface area contributed by atoms with E-state index in [0.717, 1.165) is 12.1 Å². The zero-order valence-electron chi connectivity index (χ0n) is 10.4. The zero-order chi connectivity index (χ0) is 15.7. The molecule has 8 nitrogen and oxygen atoms in total. The summed E-state index contributed by atoms with van der Waals surface area (Å²) in [4.78, 5) is 33.2. The molecule has 0 saturated heterocycles. The minimum Gasteiger partial charge on any atom is -0.479 e. The summed E-state index contributed by atoms with van der Waals surface area (Å²) in [5, 5.41) is 36.3. The van der Waals surface area contributed by atoms with Crippen LogP contribution in [0.15, 0.2) is 33.5 Å². The van der Waals surface area contributed by atoms with Crippen LogP contribution in [0.2, 0.25) is 0 Å². The van der Waals surface area contributed by atoms with Crippen molar-refractivity contribution in [1.29, 1.82) is 0 Å². The molecule has 2 rings (SSSR count). The van der Waals surface area contributed by atoms with Gasteiger partial charge in [0, 0.05) is 6.07 Å². The average molecular weight is 294 g/mol. The van der Waals surface area contributed by atoms with Crippen LogP contribution in [0.1, 0.15) is 22.2 Å². The van der Waals surface area contributed by atoms with Gasteiger partial charge in [0.2, 0.25) is 5.76 Å². The molecular formula is C13H10O8. The van der Waals surface area contributed by atoms with Gasteiger partial charge in [-0.2, -0.15) is 0 Å². The summed E-state index contributed by atoms with van der Waals surface area (Å²) < 4.78 is 4.99. The third-order valence-electron chi connectivity index (χ3n) is 2.86. The fourth-order valence-electron chi connectivity index (χ4n) is 1.78. The van der Waals surface area contributed by atoms with Crippen molar-refractivity contribution in [3.05, 3.63) is 45.8 Å². The second-order valence-corrected chi connectivity index (χ2v) is 4.26. The molecule has 0 spiro atoms. The Morgan fingerprint density at radius 2 is 1.76 bits per heavy atom. The third kappa shape index (κ3) is 2.76. The quantitative estimate of drug-likeness (QED) is 0.615. The van der Waals surface area contributed by atoms with Crippen LogP contribution in [0.25, 0.3) is 11.0 Å². The van der Waals surface area contributed by atoms with Crippen molar-refractivity contribution in [2.75, 3.05) is 0 Å². The van der Waals surface area contributed by atoms with Crippen molar-refractivity contribution in [1.82, 2.24) is 0 Å². The van der Waals surface area contributed by atoms with Crippen molar-refractivity contribution in [2.24, 2.45) is 0 Å². The molecular weight excluding hydrogens is 284 g/mol. The molecule has 1 aromatic carbocycles. The van der Waals surface area contributed by atoms with Crippen LogP contribution >= 0.6 is 0 Å². The minimum absolute atomic E-state index is 0.00669. The van der Waals surface area contributed by atoms with Gasteiger partial charge in [0.15, 0.2) is 11.5 Å². The van der Waals surface area contributed by atoms with E-state index in [9.17, 15) is 24.6 Å². The van der Waals surface area contributed by atoms with E-state index < -0.39 is 35.3 Å². The van der Waals surface area contributed by atoms with Crippen LogP contribution in [0.4, 0.5) is 0 Å². The predicted molar refractivity (Wildman–Crippen MR) is 68.0 cm³/mol. The summed E-state index contributed by atoms with van der Waals surface area (Å²) in [6, 6.07) is 4.36. The number of aliphatic carboxylic acids is 1. The van der Waals surface area contributed by atoms with Crippen molar-refractivity contribution in [2.45, 2.75) is 12.2 Å². The number of aromatic carboxylic acids is 1. The van der Waals surface area contributed by atoms with Crippen molar-refractivity contribution in [3.8, 4) is 0 Å². The van der Waals surface area contributed by atoms with Crippen LogP contribution in [-0.2, 0) is 4.79 Å². The number of hydrogen-bond acceptors (Lipinski definition) is 6. The molecule has 4 N–H and O–H groups in total. The lowest BCUT2D eigenvalue weighted by Crippen LogP contribution is -2.27. The van der Waals surface area contributed by atoms with E-state index in [1.807, 2.05) is 0 Å². The van der Waals surface area contributed by atoms with Gasteiger partial charge in [-0.25, -0.2) is 9.59 Å². The molecule has 0 aliphatic carbocycles. The lowest BCUT2D eigenvalue weighted by molar-refractivity contribution is -0.153. The molecule has 0 amide bonds. The maximum Gasteiger partial charge on any atom is 0.371 e. The molecule has 2 atom stereocenters. The van der Waals surface area contributed by atoms with Crippen molar-refractivity contribution < 1.29 is 34.4 Å². The number of fused-ring (bicyclic) bond motifs is 1. The summed E-state index contributed by atoms with van der Waals surface area (Å²) in [5.74, 6) is -3.55. The first kappa shape index (κ1) is 14.7. The largest absolute Gasteiger partial charge is 0.479 e. The first-order valence-electron chi connectivity index (χ1n) is 5.71. The molecule has 0 bridgehead atoms.